The van der Waals surface area contributed by atoms with Gasteiger partial charge in [-0.1, -0.05) is 29.8 Å². The van der Waals surface area contributed by atoms with Gasteiger partial charge in [0, 0.05) is 13.1 Å². The molecule has 1 fully saturated rings. The van der Waals surface area contributed by atoms with Gasteiger partial charge in [0.2, 0.25) is 10.0 Å². The molecule has 2 aromatic carbocycles. The van der Waals surface area contributed by atoms with Crippen LogP contribution in [0.15, 0.2) is 53.4 Å². The molecular formula is C22H26N2O4S. The Morgan fingerprint density at radius 1 is 1.07 bits per heavy atom. The summed E-state index contributed by atoms with van der Waals surface area (Å²) in [6.45, 7) is 2.37. The van der Waals surface area contributed by atoms with Crippen LogP contribution in [0.3, 0.4) is 0 Å². The van der Waals surface area contributed by atoms with Crippen LogP contribution in [-0.2, 0) is 10.0 Å². The minimum Gasteiger partial charge on any atom is -0.485 e. The van der Waals surface area contributed by atoms with Gasteiger partial charge in [0.15, 0.2) is 0 Å². The molecule has 7 heteroatoms. The zero-order valence-corrected chi connectivity index (χ0v) is 17.5. The maximum absolute atomic E-state index is 13.0. The predicted octanol–water partition coefficient (Wildman–Crippen LogP) is 3.12. The maximum atomic E-state index is 13.0. The second kappa shape index (κ2) is 7.46. The number of carbonyl (C=O) groups excluding carboxylic acids is 1. The number of para-hydroxylation sites is 1. The molecule has 1 amide bonds. The van der Waals surface area contributed by atoms with Crippen molar-refractivity contribution in [1.82, 2.24) is 9.62 Å². The third kappa shape index (κ3) is 3.76. The number of aryl methyl sites for hydroxylation is 1. The lowest BCUT2D eigenvalue weighted by Crippen LogP contribution is -2.51. The Bertz CT molecular complexity index is 1010. The van der Waals surface area contributed by atoms with Gasteiger partial charge in [0.25, 0.3) is 5.91 Å². The zero-order valence-electron chi connectivity index (χ0n) is 16.7. The number of fused-ring (bicyclic) bond motifs is 1. The van der Waals surface area contributed by atoms with Crippen LogP contribution in [0.2, 0.25) is 0 Å². The highest BCUT2D eigenvalue weighted by Crippen LogP contribution is 2.38. The van der Waals surface area contributed by atoms with Crippen LogP contribution in [0.5, 0.6) is 5.75 Å². The molecule has 29 heavy (non-hydrogen) atoms. The summed E-state index contributed by atoms with van der Waals surface area (Å²) in [7, 11) is -1.88. The lowest BCUT2D eigenvalue weighted by molar-refractivity contribution is 0.0196. The number of amides is 1. The summed E-state index contributed by atoms with van der Waals surface area (Å²) in [5, 5.41) is 2.97. The molecule has 154 valence electrons. The standard InChI is InChI=1S/C22H26N2O4S/c1-16-7-9-18(10-8-16)29(26,27)24(2)17-11-13-22(14-12-17)15-23-21(25)19-5-3-4-6-20(19)28-22/h3-10,17H,11-15H2,1-2H3,(H,23,25). The molecule has 0 unspecified atom stereocenters. The van der Waals surface area contributed by atoms with Crippen molar-refractivity contribution in [3.8, 4) is 5.75 Å². The van der Waals surface area contributed by atoms with Crippen molar-refractivity contribution in [3.05, 3.63) is 59.7 Å². The molecule has 1 heterocycles. The van der Waals surface area contributed by atoms with E-state index in [0.29, 0.717) is 48.4 Å². The number of ether oxygens (including phenoxy) is 1. The summed E-state index contributed by atoms with van der Waals surface area (Å²) in [5.74, 6) is 0.472. The van der Waals surface area contributed by atoms with E-state index in [1.54, 1.807) is 25.2 Å². The van der Waals surface area contributed by atoms with Crippen LogP contribution in [0.1, 0.15) is 41.6 Å². The van der Waals surface area contributed by atoms with E-state index < -0.39 is 15.6 Å². The van der Waals surface area contributed by atoms with Crippen molar-refractivity contribution < 1.29 is 17.9 Å². The number of carbonyl (C=O) groups is 1. The van der Waals surface area contributed by atoms with Gasteiger partial charge in [-0.15, -0.1) is 0 Å². The van der Waals surface area contributed by atoms with E-state index in [2.05, 4.69) is 5.32 Å². The quantitative estimate of drug-likeness (QED) is 0.837. The van der Waals surface area contributed by atoms with E-state index in [1.165, 1.54) is 4.31 Å². The first kappa shape index (κ1) is 19.9. The highest BCUT2D eigenvalue weighted by molar-refractivity contribution is 7.89. The summed E-state index contributed by atoms with van der Waals surface area (Å²) in [6, 6.07) is 14.1. The molecule has 1 saturated carbocycles. The normalized spacial score (nSPS) is 24.5. The fourth-order valence-electron chi connectivity index (χ4n) is 4.19. The van der Waals surface area contributed by atoms with Crippen LogP contribution in [0.4, 0.5) is 0 Å². The van der Waals surface area contributed by atoms with Crippen LogP contribution in [0.25, 0.3) is 0 Å². The van der Waals surface area contributed by atoms with Crippen molar-refractivity contribution in [2.75, 3.05) is 13.6 Å². The number of benzene rings is 2. The molecule has 1 aliphatic heterocycles. The Hall–Kier alpha value is -2.38. The van der Waals surface area contributed by atoms with Crippen molar-refractivity contribution in [3.63, 3.8) is 0 Å². The fourth-order valence-corrected chi connectivity index (χ4v) is 5.61. The zero-order chi connectivity index (χ0) is 20.6. The average Bonchev–Trinajstić information content (AvgIpc) is 2.85. The first-order chi connectivity index (χ1) is 13.8. The molecule has 0 aromatic heterocycles. The van der Waals surface area contributed by atoms with Crippen LogP contribution in [0, 0.1) is 6.92 Å². The Morgan fingerprint density at radius 2 is 1.72 bits per heavy atom. The van der Waals surface area contributed by atoms with Crippen LogP contribution >= 0.6 is 0 Å². The number of hydrogen-bond donors (Lipinski definition) is 1. The Balaban J connectivity index is 1.49. The van der Waals surface area contributed by atoms with Crippen molar-refractivity contribution in [2.45, 2.75) is 49.1 Å². The largest absolute Gasteiger partial charge is 0.485 e. The lowest BCUT2D eigenvalue weighted by Gasteiger charge is -2.41. The minimum atomic E-state index is -3.54. The monoisotopic (exact) mass is 414 g/mol. The lowest BCUT2D eigenvalue weighted by atomic mass is 9.82. The van der Waals surface area contributed by atoms with Gasteiger partial charge >= 0.3 is 0 Å². The van der Waals surface area contributed by atoms with Crippen LogP contribution in [-0.4, -0.2) is 43.9 Å². The molecule has 0 bridgehead atoms. The van der Waals surface area contributed by atoms with E-state index in [-0.39, 0.29) is 11.9 Å². The molecular weight excluding hydrogens is 388 g/mol. The predicted molar refractivity (Wildman–Crippen MR) is 111 cm³/mol. The van der Waals surface area contributed by atoms with E-state index in [0.717, 1.165) is 5.56 Å². The van der Waals surface area contributed by atoms with Gasteiger partial charge in [-0.2, -0.15) is 4.31 Å². The minimum absolute atomic E-state index is 0.0928. The van der Waals surface area contributed by atoms with Gasteiger partial charge in [-0.3, -0.25) is 4.79 Å². The average molecular weight is 415 g/mol. The van der Waals surface area contributed by atoms with Gasteiger partial charge in [0.05, 0.1) is 17.0 Å². The number of nitrogens with one attached hydrogen (secondary N) is 1. The highest BCUT2D eigenvalue weighted by atomic mass is 32.2. The smallest absolute Gasteiger partial charge is 0.255 e. The van der Waals surface area contributed by atoms with E-state index in [4.69, 9.17) is 4.74 Å². The number of nitrogens with zero attached hydrogens (tertiary/aromatic N) is 1. The summed E-state index contributed by atoms with van der Waals surface area (Å²) < 4.78 is 33.8. The summed E-state index contributed by atoms with van der Waals surface area (Å²) >= 11 is 0. The molecule has 0 saturated heterocycles. The van der Waals surface area contributed by atoms with Crippen LogP contribution < -0.4 is 10.1 Å². The maximum Gasteiger partial charge on any atom is 0.255 e. The van der Waals surface area contributed by atoms with Gasteiger partial charge in [-0.25, -0.2) is 8.42 Å². The highest BCUT2D eigenvalue weighted by Gasteiger charge is 2.42. The Labute approximate surface area is 171 Å². The van der Waals surface area contributed by atoms with Gasteiger partial charge < -0.3 is 10.1 Å². The number of hydrogen-bond acceptors (Lipinski definition) is 4. The van der Waals surface area contributed by atoms with Gasteiger partial charge in [0.1, 0.15) is 11.4 Å². The fraction of sp³-hybridized carbons (Fsp3) is 0.409. The Kier molecular flexibility index (Phi) is 5.12. The summed E-state index contributed by atoms with van der Waals surface area (Å²) in [4.78, 5) is 12.7. The second-order valence-corrected chi connectivity index (χ2v) is 10.0. The van der Waals surface area contributed by atoms with E-state index in [9.17, 15) is 13.2 Å². The molecule has 2 aromatic rings. The first-order valence-electron chi connectivity index (χ1n) is 9.92. The molecule has 4 rings (SSSR count). The molecule has 0 atom stereocenters. The SMILES string of the molecule is Cc1ccc(S(=O)(=O)N(C)C2CCC3(CC2)CNC(=O)c2ccccc2O3)cc1. The molecule has 1 spiro atoms. The molecule has 2 aliphatic rings. The third-order valence-electron chi connectivity index (χ3n) is 6.11. The second-order valence-electron chi connectivity index (χ2n) is 8.03. The molecule has 0 radical (unpaired) electrons. The summed E-state index contributed by atoms with van der Waals surface area (Å²) in [5.41, 5.74) is 1.08. The van der Waals surface area contributed by atoms with Gasteiger partial charge in [-0.05, 0) is 56.9 Å². The third-order valence-corrected chi connectivity index (χ3v) is 8.03. The van der Waals surface area contributed by atoms with E-state index in [1.807, 2.05) is 37.3 Å². The molecule has 1 N–H and O–H groups in total. The van der Waals surface area contributed by atoms with Crippen molar-refractivity contribution in [2.24, 2.45) is 0 Å². The van der Waals surface area contributed by atoms with E-state index >= 15 is 0 Å². The summed E-state index contributed by atoms with van der Waals surface area (Å²) in [6.07, 6.45) is 2.72. The number of rotatable bonds is 3. The molecule has 1 aliphatic carbocycles. The van der Waals surface area contributed by atoms with Crippen molar-refractivity contribution >= 4 is 15.9 Å². The Morgan fingerprint density at radius 3 is 2.41 bits per heavy atom. The first-order valence-corrected chi connectivity index (χ1v) is 11.4. The molecule has 6 nitrogen and oxygen atoms in total. The topological polar surface area (TPSA) is 75.7 Å². The number of sulfonamides is 1. The van der Waals surface area contributed by atoms with Crippen molar-refractivity contribution in [1.29, 1.82) is 0 Å².